The lowest BCUT2D eigenvalue weighted by Crippen LogP contribution is -2.30. The average Bonchev–Trinajstić information content (AvgIpc) is 0.921. The fourth-order valence-corrected chi connectivity index (χ4v) is 14.1. The minimum absolute atomic E-state index is 0.106. The van der Waals surface area contributed by atoms with Crippen LogP contribution in [-0.2, 0) is 65.4 Å². The molecule has 0 fully saturated rings. The number of rotatable bonds is 80. The molecule has 3 N–H and O–H groups in total. The lowest BCUT2D eigenvalue weighted by Gasteiger charge is -2.21. The number of carbonyl (C=O) groups is 4. The van der Waals surface area contributed by atoms with Gasteiger partial charge in [-0.2, -0.15) is 0 Å². The molecule has 0 aromatic rings. The van der Waals surface area contributed by atoms with Gasteiger partial charge in [-0.25, -0.2) is 9.13 Å². The number of hydrogen-bond acceptors (Lipinski definition) is 15. The summed E-state index contributed by atoms with van der Waals surface area (Å²) in [5, 5.41) is 10.6. The van der Waals surface area contributed by atoms with E-state index in [-0.39, 0.29) is 25.7 Å². The molecule has 100 heavy (non-hydrogen) atoms. The highest BCUT2D eigenvalue weighted by atomic mass is 31.2. The number of unbranched alkanes of at least 4 members (excludes halogenated alkanes) is 50. The molecule has 19 heteroatoms. The number of aliphatic hydroxyl groups excluding tert-OH is 1. The van der Waals surface area contributed by atoms with Crippen LogP contribution in [0.15, 0.2) is 0 Å². The van der Waals surface area contributed by atoms with Crippen molar-refractivity contribution in [1.82, 2.24) is 0 Å². The van der Waals surface area contributed by atoms with Gasteiger partial charge in [0.2, 0.25) is 0 Å². The van der Waals surface area contributed by atoms with Gasteiger partial charge in [0.05, 0.1) is 26.4 Å². The van der Waals surface area contributed by atoms with E-state index in [1.54, 1.807) is 0 Å². The number of phosphoric ester groups is 2. The molecule has 0 amide bonds. The number of hydrogen-bond donors (Lipinski definition) is 3. The van der Waals surface area contributed by atoms with Crippen LogP contribution in [0.4, 0.5) is 0 Å². The highest BCUT2D eigenvalue weighted by molar-refractivity contribution is 7.47. The number of esters is 4. The van der Waals surface area contributed by atoms with Gasteiger partial charge in [-0.3, -0.25) is 37.3 Å². The van der Waals surface area contributed by atoms with Crippen LogP contribution in [0.2, 0.25) is 0 Å². The molecule has 0 aliphatic heterocycles. The van der Waals surface area contributed by atoms with Crippen LogP contribution in [0, 0.1) is 11.8 Å². The van der Waals surface area contributed by atoms with E-state index in [4.69, 9.17) is 37.0 Å². The van der Waals surface area contributed by atoms with Crippen molar-refractivity contribution >= 4 is 39.5 Å². The first-order chi connectivity index (χ1) is 48.4. The normalized spacial score (nSPS) is 13.9. The Morgan fingerprint density at radius 3 is 0.680 bits per heavy atom. The molecule has 17 nitrogen and oxygen atoms in total. The van der Waals surface area contributed by atoms with Crippen LogP contribution >= 0.6 is 15.6 Å². The van der Waals surface area contributed by atoms with E-state index in [0.717, 1.165) is 102 Å². The summed E-state index contributed by atoms with van der Waals surface area (Å²) in [6, 6.07) is 0. The molecule has 2 unspecified atom stereocenters. The predicted molar refractivity (Wildman–Crippen MR) is 409 cm³/mol. The third-order valence-corrected chi connectivity index (χ3v) is 20.9. The SMILES string of the molecule is CCCCCCCCCCCCCCCCCCCCCCC(=O)O[C@H](COC(=O)CCCCCCCCCCCCCCCCCCC(C)C)COP(=O)(O)OC[C@@H](O)COP(=O)(O)OC[C@@H](COC(=O)CCCCCCCCCCC)OC(=O)CCCCCCCCCCCC(C)C. The number of ether oxygens (including phenoxy) is 4. The Hall–Kier alpha value is -1.94. The number of aliphatic hydroxyl groups is 1. The molecule has 594 valence electrons. The van der Waals surface area contributed by atoms with Crippen molar-refractivity contribution in [3.8, 4) is 0 Å². The maximum atomic E-state index is 13.1. The molecule has 0 spiro atoms. The minimum atomic E-state index is -4.96. The van der Waals surface area contributed by atoms with Gasteiger partial charge in [-0.15, -0.1) is 0 Å². The van der Waals surface area contributed by atoms with Crippen LogP contribution in [0.1, 0.15) is 427 Å². The van der Waals surface area contributed by atoms with Gasteiger partial charge in [0, 0.05) is 25.7 Å². The summed E-state index contributed by atoms with van der Waals surface area (Å²) in [7, 11) is -9.92. The minimum Gasteiger partial charge on any atom is -0.462 e. The van der Waals surface area contributed by atoms with Gasteiger partial charge < -0.3 is 33.8 Å². The van der Waals surface area contributed by atoms with Crippen LogP contribution in [0.5, 0.6) is 0 Å². The molecular formula is C81H158O17P2. The van der Waals surface area contributed by atoms with Crippen molar-refractivity contribution in [3.05, 3.63) is 0 Å². The zero-order valence-electron chi connectivity index (χ0n) is 65.5. The average molecular weight is 1470 g/mol. The van der Waals surface area contributed by atoms with Gasteiger partial charge in [0.1, 0.15) is 19.3 Å². The quantitative estimate of drug-likeness (QED) is 0.0222. The van der Waals surface area contributed by atoms with E-state index in [1.165, 1.54) is 244 Å². The first-order valence-electron chi connectivity index (χ1n) is 42.0. The molecule has 0 saturated heterocycles. The van der Waals surface area contributed by atoms with Gasteiger partial charge >= 0.3 is 39.5 Å². The Kier molecular flexibility index (Phi) is 71.2. The molecule has 0 aromatic carbocycles. The lowest BCUT2D eigenvalue weighted by molar-refractivity contribution is -0.161. The van der Waals surface area contributed by atoms with Crippen molar-refractivity contribution in [2.75, 3.05) is 39.6 Å². The maximum Gasteiger partial charge on any atom is 0.472 e. The Bertz CT molecular complexity index is 1920. The van der Waals surface area contributed by atoms with Crippen LogP contribution in [-0.4, -0.2) is 96.7 Å². The first kappa shape index (κ1) is 98.1. The van der Waals surface area contributed by atoms with Gasteiger partial charge in [-0.1, -0.05) is 375 Å². The van der Waals surface area contributed by atoms with E-state index in [0.29, 0.717) is 25.7 Å². The molecular weight excluding hydrogens is 1310 g/mol. The molecule has 0 radical (unpaired) electrons. The van der Waals surface area contributed by atoms with Crippen LogP contribution < -0.4 is 0 Å². The monoisotopic (exact) mass is 1470 g/mol. The summed E-state index contributed by atoms with van der Waals surface area (Å²) in [5.74, 6) is -0.562. The molecule has 0 aromatic heterocycles. The predicted octanol–water partition coefficient (Wildman–Crippen LogP) is 24.3. The second-order valence-electron chi connectivity index (χ2n) is 30.1. The molecule has 0 aliphatic rings. The summed E-state index contributed by atoms with van der Waals surface area (Å²) < 4.78 is 68.6. The van der Waals surface area contributed by atoms with Gasteiger partial charge in [-0.05, 0) is 37.5 Å². The summed E-state index contributed by atoms with van der Waals surface area (Å²) in [6.45, 7) is 9.62. The Balaban J connectivity index is 5.20. The lowest BCUT2D eigenvalue weighted by atomic mass is 10.0. The Labute approximate surface area is 613 Å². The summed E-state index contributed by atoms with van der Waals surface area (Å²) in [6.07, 6.45) is 62.6. The maximum absolute atomic E-state index is 13.1. The molecule has 0 rings (SSSR count). The van der Waals surface area contributed by atoms with E-state index in [9.17, 15) is 43.2 Å². The first-order valence-corrected chi connectivity index (χ1v) is 45.0. The van der Waals surface area contributed by atoms with Crippen molar-refractivity contribution < 1.29 is 80.2 Å². The standard InChI is InChI=1S/C81H158O17P2/c1-7-9-11-13-15-17-18-19-20-21-22-23-24-29-32-35-41-47-53-59-65-80(85)97-77(70-92-79(84)64-58-52-46-40-34-31-28-26-25-27-30-33-38-43-49-55-61-73(3)4)72-96-100(89,90)94-68-75(82)67-93-99(87,88)95-71-76(69-91-78(83)63-57-51-45-37-16-14-12-10-8-2)98-81(86)66-60-54-48-42-36-39-44-50-56-62-74(5)6/h73-77,82H,7-72H2,1-6H3,(H,87,88)(H,89,90)/t75-,76+,77+/m0/s1. The molecule has 0 heterocycles. The topological polar surface area (TPSA) is 237 Å². The summed E-state index contributed by atoms with van der Waals surface area (Å²) in [4.78, 5) is 72.9. The van der Waals surface area contributed by atoms with Crippen LogP contribution in [0.25, 0.3) is 0 Å². The largest absolute Gasteiger partial charge is 0.472 e. The Morgan fingerprint density at radius 2 is 0.460 bits per heavy atom. The third-order valence-electron chi connectivity index (χ3n) is 19.0. The zero-order chi connectivity index (χ0) is 73.5. The van der Waals surface area contributed by atoms with Crippen molar-refractivity contribution in [2.45, 2.75) is 445 Å². The van der Waals surface area contributed by atoms with E-state index < -0.39 is 97.5 Å². The fraction of sp³-hybridized carbons (Fsp3) is 0.951. The van der Waals surface area contributed by atoms with Crippen LogP contribution in [0.3, 0.4) is 0 Å². The van der Waals surface area contributed by atoms with Crippen molar-refractivity contribution in [2.24, 2.45) is 11.8 Å². The van der Waals surface area contributed by atoms with Gasteiger partial charge in [0.15, 0.2) is 12.2 Å². The number of phosphoric acid groups is 2. The zero-order valence-corrected chi connectivity index (χ0v) is 67.3. The smallest absolute Gasteiger partial charge is 0.462 e. The van der Waals surface area contributed by atoms with Gasteiger partial charge in [0.25, 0.3) is 0 Å². The third kappa shape index (κ3) is 74.3. The summed E-state index contributed by atoms with van der Waals surface area (Å²) >= 11 is 0. The van der Waals surface area contributed by atoms with E-state index >= 15 is 0 Å². The molecule has 0 aliphatic carbocycles. The van der Waals surface area contributed by atoms with Crippen molar-refractivity contribution in [1.29, 1.82) is 0 Å². The van der Waals surface area contributed by atoms with E-state index in [2.05, 4.69) is 41.5 Å². The molecule has 0 saturated carbocycles. The highest BCUT2D eigenvalue weighted by Crippen LogP contribution is 2.45. The summed E-state index contributed by atoms with van der Waals surface area (Å²) in [5.41, 5.74) is 0. The molecule has 5 atom stereocenters. The molecule has 0 bridgehead atoms. The highest BCUT2D eigenvalue weighted by Gasteiger charge is 2.30. The second-order valence-corrected chi connectivity index (χ2v) is 33.0. The van der Waals surface area contributed by atoms with Crippen molar-refractivity contribution in [3.63, 3.8) is 0 Å². The van der Waals surface area contributed by atoms with E-state index in [1.807, 2.05) is 0 Å². The Morgan fingerprint density at radius 1 is 0.270 bits per heavy atom. The second kappa shape index (κ2) is 72.6. The number of carbonyl (C=O) groups excluding carboxylic acids is 4. The fourth-order valence-electron chi connectivity index (χ4n) is 12.5.